The Kier molecular flexibility index (Phi) is 3.27. The summed E-state index contributed by atoms with van der Waals surface area (Å²) in [6.45, 7) is 0. The van der Waals surface area contributed by atoms with Crippen LogP contribution in [0.3, 0.4) is 0 Å². The molecule has 5 heteroatoms. The number of halogens is 3. The van der Waals surface area contributed by atoms with Crippen LogP contribution in [0.5, 0.6) is 0 Å². The lowest BCUT2D eigenvalue weighted by molar-refractivity contribution is 0.0599. The summed E-state index contributed by atoms with van der Waals surface area (Å²) in [6, 6.07) is 2.17. The molecule has 0 aliphatic carbocycles. The lowest BCUT2D eigenvalue weighted by atomic mass is 10.2. The van der Waals surface area contributed by atoms with Crippen molar-refractivity contribution >= 4 is 33.5 Å². The molecular weight excluding hydrogens is 262 g/mol. The highest BCUT2D eigenvalue weighted by Gasteiger charge is 2.14. The fourth-order valence-corrected chi connectivity index (χ4v) is 1.41. The number of carbonyl (C=O) groups is 1. The van der Waals surface area contributed by atoms with Crippen LogP contribution in [-0.2, 0) is 4.74 Å². The lowest BCUT2D eigenvalue weighted by Crippen LogP contribution is -2.03. The van der Waals surface area contributed by atoms with Crippen molar-refractivity contribution in [1.29, 1.82) is 0 Å². The third kappa shape index (κ3) is 2.19. The number of esters is 1. The molecule has 0 saturated carbocycles. The predicted octanol–water partition coefficient (Wildman–Crippen LogP) is 3.03. The smallest absolute Gasteiger partial charge is 0.339 e. The van der Waals surface area contributed by atoms with E-state index in [0.29, 0.717) is 4.47 Å². The molecule has 1 aromatic carbocycles. The van der Waals surface area contributed by atoms with Crippen LogP contribution in [0.1, 0.15) is 10.4 Å². The minimum atomic E-state index is -0.631. The molecule has 0 spiro atoms. The summed E-state index contributed by atoms with van der Waals surface area (Å²) in [4.78, 5) is 11.1. The molecule has 0 fully saturated rings. The molecule has 0 bridgehead atoms. The Bertz CT molecular complexity index is 354. The summed E-state index contributed by atoms with van der Waals surface area (Å²) < 4.78 is 17.6. The normalized spacial score (nSPS) is 9.85. The second-order valence-corrected chi connectivity index (χ2v) is 3.44. The van der Waals surface area contributed by atoms with Crippen molar-refractivity contribution in [2.24, 2.45) is 0 Å². The van der Waals surface area contributed by atoms with Gasteiger partial charge < -0.3 is 4.74 Å². The molecule has 13 heavy (non-hydrogen) atoms. The molecule has 0 saturated heterocycles. The highest BCUT2D eigenvalue weighted by Crippen LogP contribution is 2.27. The minimum Gasteiger partial charge on any atom is -0.465 e. The van der Waals surface area contributed by atoms with Crippen LogP contribution < -0.4 is 0 Å². The maximum Gasteiger partial charge on any atom is 0.339 e. The van der Waals surface area contributed by atoms with Crippen LogP contribution in [0.25, 0.3) is 0 Å². The summed E-state index contributed by atoms with van der Waals surface area (Å²) >= 11 is 8.68. The van der Waals surface area contributed by atoms with Gasteiger partial charge in [0.2, 0.25) is 0 Å². The first kappa shape index (κ1) is 10.5. The Morgan fingerprint density at radius 1 is 1.62 bits per heavy atom. The van der Waals surface area contributed by atoms with E-state index in [0.717, 1.165) is 12.1 Å². The fourth-order valence-electron chi connectivity index (χ4n) is 0.814. The van der Waals surface area contributed by atoms with E-state index in [1.807, 2.05) is 0 Å². The summed E-state index contributed by atoms with van der Waals surface area (Å²) in [5, 5.41) is 0.139. The number of benzene rings is 1. The molecule has 0 N–H and O–H groups in total. The van der Waals surface area contributed by atoms with Crippen LogP contribution >= 0.6 is 27.5 Å². The van der Waals surface area contributed by atoms with Crippen molar-refractivity contribution in [3.8, 4) is 0 Å². The predicted molar refractivity (Wildman–Crippen MR) is 50.4 cm³/mol. The van der Waals surface area contributed by atoms with Crippen LogP contribution in [0.2, 0.25) is 5.02 Å². The van der Waals surface area contributed by atoms with Gasteiger partial charge in [0.1, 0.15) is 5.82 Å². The molecule has 1 rings (SSSR count). The second kappa shape index (κ2) is 4.07. The van der Waals surface area contributed by atoms with Gasteiger partial charge in [0.25, 0.3) is 0 Å². The van der Waals surface area contributed by atoms with Gasteiger partial charge in [-0.05, 0) is 28.1 Å². The number of rotatable bonds is 1. The SMILES string of the molecule is COC(=O)c1cc(F)cc(Cl)c1Br. The number of hydrogen-bond acceptors (Lipinski definition) is 2. The van der Waals surface area contributed by atoms with Gasteiger partial charge in [0.15, 0.2) is 0 Å². The Hall–Kier alpha value is -0.610. The van der Waals surface area contributed by atoms with E-state index in [1.165, 1.54) is 7.11 Å². The largest absolute Gasteiger partial charge is 0.465 e. The quantitative estimate of drug-likeness (QED) is 0.577. The fraction of sp³-hybridized carbons (Fsp3) is 0.125. The Morgan fingerprint density at radius 2 is 2.23 bits per heavy atom. The highest BCUT2D eigenvalue weighted by atomic mass is 79.9. The van der Waals surface area contributed by atoms with Gasteiger partial charge in [-0.3, -0.25) is 0 Å². The number of methoxy groups -OCH3 is 1. The third-order valence-corrected chi connectivity index (χ3v) is 2.78. The number of hydrogen-bond donors (Lipinski definition) is 0. The summed E-state index contributed by atoms with van der Waals surface area (Å²) in [5.41, 5.74) is 0.0764. The zero-order valence-corrected chi connectivity index (χ0v) is 8.95. The second-order valence-electron chi connectivity index (χ2n) is 2.24. The maximum absolute atomic E-state index is 12.8. The Balaban J connectivity index is 3.28. The van der Waals surface area contributed by atoms with Gasteiger partial charge in [0, 0.05) is 0 Å². The minimum absolute atomic E-state index is 0.0764. The molecule has 0 radical (unpaired) electrons. The van der Waals surface area contributed by atoms with Crippen molar-refractivity contribution in [1.82, 2.24) is 0 Å². The van der Waals surface area contributed by atoms with Crippen molar-refractivity contribution in [2.75, 3.05) is 7.11 Å². The van der Waals surface area contributed by atoms with Gasteiger partial charge >= 0.3 is 5.97 Å². The highest BCUT2D eigenvalue weighted by molar-refractivity contribution is 9.10. The van der Waals surface area contributed by atoms with Gasteiger partial charge in [-0.25, -0.2) is 9.18 Å². The molecular formula is C8H5BrClFO2. The molecule has 0 amide bonds. The van der Waals surface area contributed by atoms with Gasteiger partial charge in [-0.2, -0.15) is 0 Å². The van der Waals surface area contributed by atoms with Gasteiger partial charge in [-0.15, -0.1) is 0 Å². The van der Waals surface area contributed by atoms with E-state index < -0.39 is 11.8 Å². The number of ether oxygens (including phenoxy) is 1. The summed E-state index contributed by atoms with van der Waals surface area (Å²) in [5.74, 6) is -1.21. The average molecular weight is 267 g/mol. The van der Waals surface area contributed by atoms with Crippen LogP contribution in [0, 0.1) is 5.82 Å². The molecule has 0 heterocycles. The standard InChI is InChI=1S/C8H5BrClFO2/c1-13-8(12)5-2-4(11)3-6(10)7(5)9/h2-3H,1H3. The van der Waals surface area contributed by atoms with E-state index in [2.05, 4.69) is 20.7 Å². The zero-order valence-electron chi connectivity index (χ0n) is 6.61. The first-order chi connectivity index (χ1) is 6.06. The third-order valence-electron chi connectivity index (χ3n) is 1.40. The van der Waals surface area contributed by atoms with Crippen molar-refractivity contribution in [3.63, 3.8) is 0 Å². The molecule has 0 aliphatic rings. The Labute approximate surface area is 87.8 Å². The van der Waals surface area contributed by atoms with E-state index in [4.69, 9.17) is 11.6 Å². The van der Waals surface area contributed by atoms with E-state index in [1.54, 1.807) is 0 Å². The summed E-state index contributed by atoms with van der Waals surface area (Å²) in [6.07, 6.45) is 0. The molecule has 2 nitrogen and oxygen atoms in total. The van der Waals surface area contributed by atoms with Crippen LogP contribution in [0.4, 0.5) is 4.39 Å². The average Bonchev–Trinajstić information content (AvgIpc) is 2.10. The first-order valence-corrected chi connectivity index (χ1v) is 4.46. The number of carbonyl (C=O) groups excluding carboxylic acids is 1. The first-order valence-electron chi connectivity index (χ1n) is 3.29. The molecule has 70 valence electrons. The topological polar surface area (TPSA) is 26.3 Å². The zero-order chi connectivity index (χ0) is 10.0. The van der Waals surface area contributed by atoms with E-state index in [-0.39, 0.29) is 10.6 Å². The van der Waals surface area contributed by atoms with Crippen LogP contribution in [0.15, 0.2) is 16.6 Å². The van der Waals surface area contributed by atoms with E-state index >= 15 is 0 Å². The van der Waals surface area contributed by atoms with Crippen molar-refractivity contribution in [2.45, 2.75) is 0 Å². The molecule has 0 unspecified atom stereocenters. The van der Waals surface area contributed by atoms with Crippen molar-refractivity contribution < 1.29 is 13.9 Å². The molecule has 0 aliphatic heterocycles. The molecule has 1 aromatic rings. The maximum atomic E-state index is 12.8. The van der Waals surface area contributed by atoms with Gasteiger partial charge in [0.05, 0.1) is 22.2 Å². The molecule has 0 aromatic heterocycles. The van der Waals surface area contributed by atoms with Gasteiger partial charge in [-0.1, -0.05) is 11.6 Å². The Morgan fingerprint density at radius 3 is 2.77 bits per heavy atom. The summed E-state index contributed by atoms with van der Waals surface area (Å²) in [7, 11) is 1.22. The van der Waals surface area contributed by atoms with E-state index in [9.17, 15) is 9.18 Å². The monoisotopic (exact) mass is 266 g/mol. The van der Waals surface area contributed by atoms with Crippen molar-refractivity contribution in [3.05, 3.63) is 33.0 Å². The van der Waals surface area contributed by atoms with Crippen LogP contribution in [-0.4, -0.2) is 13.1 Å². The molecule has 0 atom stereocenters. The lowest BCUT2D eigenvalue weighted by Gasteiger charge is -2.03.